The van der Waals surface area contributed by atoms with Gasteiger partial charge in [-0.1, -0.05) is 54.6 Å². The minimum absolute atomic E-state index is 0.261. The number of aliphatic carboxylic acids is 1. The third-order valence-corrected chi connectivity index (χ3v) is 2.78. The summed E-state index contributed by atoms with van der Waals surface area (Å²) in [6.45, 7) is 0. The Morgan fingerprint density at radius 2 is 1.58 bits per heavy atom. The highest BCUT2D eigenvalue weighted by Crippen LogP contribution is 2.38. The SMILES string of the molecule is O=C(O)CC(F)(F)c1ccccc1-c1ccccc1. The minimum atomic E-state index is -3.39. The van der Waals surface area contributed by atoms with Gasteiger partial charge in [-0.25, -0.2) is 8.78 Å². The van der Waals surface area contributed by atoms with E-state index in [0.29, 0.717) is 11.1 Å². The summed E-state index contributed by atoms with van der Waals surface area (Å²) < 4.78 is 27.9. The van der Waals surface area contributed by atoms with Gasteiger partial charge in [-0.2, -0.15) is 0 Å². The molecule has 2 aromatic carbocycles. The van der Waals surface area contributed by atoms with Crippen LogP contribution in [-0.4, -0.2) is 11.1 Å². The van der Waals surface area contributed by atoms with Crippen molar-refractivity contribution >= 4 is 5.97 Å². The summed E-state index contributed by atoms with van der Waals surface area (Å²) in [7, 11) is 0. The molecule has 98 valence electrons. The van der Waals surface area contributed by atoms with Crippen LogP contribution in [0, 0.1) is 0 Å². The van der Waals surface area contributed by atoms with Gasteiger partial charge in [0.05, 0.1) is 0 Å². The van der Waals surface area contributed by atoms with Crippen LogP contribution in [0.1, 0.15) is 12.0 Å². The number of carbonyl (C=O) groups is 1. The molecule has 0 aliphatic heterocycles. The average molecular weight is 262 g/mol. The van der Waals surface area contributed by atoms with Crippen LogP contribution in [0.5, 0.6) is 0 Å². The zero-order valence-corrected chi connectivity index (χ0v) is 10.0. The second-order valence-electron chi connectivity index (χ2n) is 4.19. The molecule has 0 heterocycles. The highest BCUT2D eigenvalue weighted by molar-refractivity contribution is 5.72. The van der Waals surface area contributed by atoms with E-state index < -0.39 is 18.3 Å². The Balaban J connectivity index is 2.50. The lowest BCUT2D eigenvalue weighted by Gasteiger charge is -2.18. The molecule has 0 aliphatic rings. The fourth-order valence-electron chi connectivity index (χ4n) is 1.96. The summed E-state index contributed by atoms with van der Waals surface area (Å²) in [5, 5.41) is 8.59. The first-order valence-electron chi connectivity index (χ1n) is 5.75. The molecule has 0 saturated heterocycles. The van der Waals surface area contributed by atoms with Gasteiger partial charge in [0.2, 0.25) is 0 Å². The Hall–Kier alpha value is -2.23. The molecule has 0 atom stereocenters. The fourth-order valence-corrected chi connectivity index (χ4v) is 1.96. The van der Waals surface area contributed by atoms with E-state index in [1.165, 1.54) is 12.1 Å². The molecule has 0 aliphatic carbocycles. The third kappa shape index (κ3) is 2.96. The van der Waals surface area contributed by atoms with Crippen molar-refractivity contribution in [3.63, 3.8) is 0 Å². The minimum Gasteiger partial charge on any atom is -0.481 e. The molecular weight excluding hydrogens is 250 g/mol. The topological polar surface area (TPSA) is 37.3 Å². The first kappa shape index (κ1) is 13.2. The standard InChI is InChI=1S/C15H12F2O2/c16-15(17,10-14(18)19)13-9-5-4-8-12(13)11-6-2-1-3-7-11/h1-9H,10H2,(H,18,19). The molecular formula is C15H12F2O2. The Morgan fingerprint density at radius 1 is 1.00 bits per heavy atom. The molecule has 0 fully saturated rings. The number of hydrogen-bond acceptors (Lipinski definition) is 1. The lowest BCUT2D eigenvalue weighted by molar-refractivity contribution is -0.145. The van der Waals surface area contributed by atoms with Gasteiger partial charge < -0.3 is 5.11 Å². The molecule has 19 heavy (non-hydrogen) atoms. The van der Waals surface area contributed by atoms with E-state index in [1.807, 2.05) is 0 Å². The maximum Gasteiger partial charge on any atom is 0.309 e. The molecule has 1 N–H and O–H groups in total. The van der Waals surface area contributed by atoms with Crippen molar-refractivity contribution in [2.45, 2.75) is 12.3 Å². The van der Waals surface area contributed by atoms with E-state index in [4.69, 9.17) is 5.11 Å². The largest absolute Gasteiger partial charge is 0.481 e. The number of hydrogen-bond donors (Lipinski definition) is 1. The predicted octanol–water partition coefficient (Wildman–Crippen LogP) is 3.92. The molecule has 4 heteroatoms. The van der Waals surface area contributed by atoms with Gasteiger partial charge in [0.25, 0.3) is 5.92 Å². The molecule has 0 aromatic heterocycles. The van der Waals surface area contributed by atoms with E-state index in [1.54, 1.807) is 42.5 Å². The van der Waals surface area contributed by atoms with Gasteiger partial charge in [0.15, 0.2) is 0 Å². The van der Waals surface area contributed by atoms with Crippen LogP contribution in [0.3, 0.4) is 0 Å². The van der Waals surface area contributed by atoms with Crippen molar-refractivity contribution in [2.75, 3.05) is 0 Å². The van der Waals surface area contributed by atoms with Crippen molar-refractivity contribution in [1.82, 2.24) is 0 Å². The lowest BCUT2D eigenvalue weighted by Crippen LogP contribution is -2.19. The third-order valence-electron chi connectivity index (χ3n) is 2.78. The predicted molar refractivity (Wildman–Crippen MR) is 68.0 cm³/mol. The highest BCUT2D eigenvalue weighted by atomic mass is 19.3. The molecule has 2 nitrogen and oxygen atoms in total. The monoisotopic (exact) mass is 262 g/mol. The Bertz CT molecular complexity index is 580. The number of carboxylic acids is 1. The van der Waals surface area contributed by atoms with Crippen LogP contribution in [0.2, 0.25) is 0 Å². The van der Waals surface area contributed by atoms with Crippen LogP contribution in [0.25, 0.3) is 11.1 Å². The highest BCUT2D eigenvalue weighted by Gasteiger charge is 2.36. The number of halogens is 2. The zero-order valence-electron chi connectivity index (χ0n) is 10.0. The van der Waals surface area contributed by atoms with Crippen molar-refractivity contribution in [1.29, 1.82) is 0 Å². The molecule has 0 saturated carbocycles. The van der Waals surface area contributed by atoms with Crippen molar-refractivity contribution in [2.24, 2.45) is 0 Å². The summed E-state index contributed by atoms with van der Waals surface area (Å²) in [6.07, 6.45) is -1.21. The van der Waals surface area contributed by atoms with Crippen LogP contribution >= 0.6 is 0 Å². The number of carboxylic acid groups (broad SMARTS) is 1. The van der Waals surface area contributed by atoms with Crippen molar-refractivity contribution in [3.05, 3.63) is 60.2 Å². The molecule has 2 rings (SSSR count). The van der Waals surface area contributed by atoms with Gasteiger partial charge in [-0.15, -0.1) is 0 Å². The van der Waals surface area contributed by atoms with Crippen LogP contribution in [0.15, 0.2) is 54.6 Å². The van der Waals surface area contributed by atoms with Crippen LogP contribution in [-0.2, 0) is 10.7 Å². The van der Waals surface area contributed by atoms with Crippen LogP contribution in [0.4, 0.5) is 8.78 Å². The zero-order chi connectivity index (χ0) is 13.9. The molecule has 0 amide bonds. The van der Waals surface area contributed by atoms with Gasteiger partial charge in [-0.05, 0) is 11.1 Å². The summed E-state index contributed by atoms with van der Waals surface area (Å²) >= 11 is 0. The summed E-state index contributed by atoms with van der Waals surface area (Å²) in [4.78, 5) is 10.6. The number of alkyl halides is 2. The van der Waals surface area contributed by atoms with Gasteiger partial charge in [0.1, 0.15) is 6.42 Å². The van der Waals surface area contributed by atoms with E-state index in [-0.39, 0.29) is 5.56 Å². The maximum atomic E-state index is 14.0. The Morgan fingerprint density at radius 3 is 2.21 bits per heavy atom. The lowest BCUT2D eigenvalue weighted by atomic mass is 9.94. The number of rotatable bonds is 4. The molecule has 0 radical (unpaired) electrons. The van der Waals surface area contributed by atoms with E-state index in [2.05, 4.69) is 0 Å². The van der Waals surface area contributed by atoms with E-state index in [0.717, 1.165) is 0 Å². The first-order valence-corrected chi connectivity index (χ1v) is 5.75. The van der Waals surface area contributed by atoms with Gasteiger partial charge >= 0.3 is 5.97 Å². The molecule has 0 bridgehead atoms. The van der Waals surface area contributed by atoms with E-state index >= 15 is 0 Å². The van der Waals surface area contributed by atoms with Gasteiger partial charge in [-0.3, -0.25) is 4.79 Å². The molecule has 0 unspecified atom stereocenters. The fraction of sp³-hybridized carbons (Fsp3) is 0.133. The second kappa shape index (κ2) is 5.18. The maximum absolute atomic E-state index is 14.0. The number of benzene rings is 2. The van der Waals surface area contributed by atoms with Crippen molar-refractivity contribution < 1.29 is 18.7 Å². The summed E-state index contributed by atoms with van der Waals surface area (Å²) in [5.41, 5.74) is 0.737. The quantitative estimate of drug-likeness (QED) is 0.906. The van der Waals surface area contributed by atoms with Crippen molar-refractivity contribution in [3.8, 4) is 11.1 Å². The summed E-state index contributed by atoms with van der Waals surface area (Å²) in [5.74, 6) is -4.91. The first-order chi connectivity index (χ1) is 9.00. The molecule has 2 aromatic rings. The Labute approximate surface area is 109 Å². The van der Waals surface area contributed by atoms with E-state index in [9.17, 15) is 13.6 Å². The van der Waals surface area contributed by atoms with Gasteiger partial charge in [0, 0.05) is 5.56 Å². The molecule has 0 spiro atoms. The smallest absolute Gasteiger partial charge is 0.309 e. The second-order valence-corrected chi connectivity index (χ2v) is 4.19. The Kier molecular flexibility index (Phi) is 3.60. The summed E-state index contributed by atoms with van der Waals surface area (Å²) in [6, 6.07) is 14.7. The average Bonchev–Trinajstić information content (AvgIpc) is 2.38. The van der Waals surface area contributed by atoms with Crippen LogP contribution < -0.4 is 0 Å². The normalized spacial score (nSPS) is 11.3.